The van der Waals surface area contributed by atoms with Gasteiger partial charge in [0.05, 0.1) is 5.41 Å². The molecule has 1 fully saturated rings. The molecule has 6 nitrogen and oxygen atoms in total. The van der Waals surface area contributed by atoms with E-state index < -0.39 is 23.0 Å². The van der Waals surface area contributed by atoms with Gasteiger partial charge in [-0.05, 0) is 30.7 Å². The highest BCUT2D eigenvalue weighted by atomic mass is 19.1. The summed E-state index contributed by atoms with van der Waals surface area (Å²) >= 11 is 0. The van der Waals surface area contributed by atoms with Gasteiger partial charge in [0.25, 0.3) is 0 Å². The van der Waals surface area contributed by atoms with Gasteiger partial charge in [-0.15, -0.1) is 0 Å². The molecule has 0 aliphatic carbocycles. The number of benzene rings is 1. The number of likely N-dealkylation sites (tertiary alicyclic amines) is 1. The highest BCUT2D eigenvalue weighted by Crippen LogP contribution is 2.41. The molecule has 3 amide bonds. The molecule has 0 radical (unpaired) electrons. The van der Waals surface area contributed by atoms with Gasteiger partial charge in [0.15, 0.2) is 0 Å². The number of hydrogen-bond acceptors (Lipinski definition) is 4. The molecule has 1 unspecified atom stereocenters. The molecule has 3 rings (SSSR count). The largest absolute Gasteiger partial charge is 0.339 e. The second-order valence-corrected chi connectivity index (χ2v) is 6.94. The van der Waals surface area contributed by atoms with Crippen LogP contribution in [-0.2, 0) is 26.3 Å². The minimum Gasteiger partial charge on any atom is -0.339 e. The lowest BCUT2D eigenvalue weighted by Crippen LogP contribution is -2.43. The van der Waals surface area contributed by atoms with Gasteiger partial charge in [0.1, 0.15) is 5.82 Å². The van der Waals surface area contributed by atoms with Crippen molar-refractivity contribution in [1.82, 2.24) is 14.8 Å². The quantitative estimate of drug-likeness (QED) is 0.718. The topological polar surface area (TPSA) is 70.6 Å². The SMILES string of the molecule is CCN(Cc1ccncc1)C(=O)CC1(c2ccccc2F)CC(=O)N(C)C1=O. The summed E-state index contributed by atoms with van der Waals surface area (Å²) in [4.78, 5) is 44.8. The molecular weight excluding hydrogens is 361 g/mol. The summed E-state index contributed by atoms with van der Waals surface area (Å²) in [6.07, 6.45) is 2.80. The molecule has 1 aromatic carbocycles. The van der Waals surface area contributed by atoms with Crippen molar-refractivity contribution in [2.45, 2.75) is 31.7 Å². The van der Waals surface area contributed by atoms with Gasteiger partial charge in [0, 0.05) is 50.9 Å². The van der Waals surface area contributed by atoms with Crippen molar-refractivity contribution in [3.8, 4) is 0 Å². The Morgan fingerprint density at radius 1 is 1.21 bits per heavy atom. The number of likely N-dealkylation sites (N-methyl/N-ethyl adjacent to an activating group) is 1. The van der Waals surface area contributed by atoms with Gasteiger partial charge in [-0.25, -0.2) is 4.39 Å². The molecule has 0 N–H and O–H groups in total. The van der Waals surface area contributed by atoms with Crippen molar-refractivity contribution < 1.29 is 18.8 Å². The Hall–Kier alpha value is -3.09. The van der Waals surface area contributed by atoms with E-state index in [0.717, 1.165) is 10.5 Å². The molecule has 146 valence electrons. The number of pyridine rings is 1. The normalized spacial score (nSPS) is 19.2. The number of imide groups is 1. The maximum atomic E-state index is 14.6. The number of amides is 3. The lowest BCUT2D eigenvalue weighted by atomic mass is 9.75. The van der Waals surface area contributed by atoms with Gasteiger partial charge >= 0.3 is 0 Å². The number of carbonyl (C=O) groups is 3. The molecule has 1 atom stereocenters. The fourth-order valence-corrected chi connectivity index (χ4v) is 3.63. The molecule has 1 aliphatic rings. The summed E-state index contributed by atoms with van der Waals surface area (Å²) in [6.45, 7) is 2.61. The molecule has 2 aromatic rings. The molecular formula is C21H22FN3O3. The average molecular weight is 383 g/mol. The van der Waals surface area contributed by atoms with Gasteiger partial charge < -0.3 is 4.90 Å². The maximum absolute atomic E-state index is 14.6. The van der Waals surface area contributed by atoms with Crippen LogP contribution in [0.5, 0.6) is 0 Å². The van der Waals surface area contributed by atoms with Crippen LogP contribution in [0.4, 0.5) is 4.39 Å². The summed E-state index contributed by atoms with van der Waals surface area (Å²) in [6, 6.07) is 9.45. The monoisotopic (exact) mass is 383 g/mol. The van der Waals surface area contributed by atoms with Crippen LogP contribution in [0.2, 0.25) is 0 Å². The van der Waals surface area contributed by atoms with Crippen LogP contribution in [0.25, 0.3) is 0 Å². The molecule has 1 saturated heterocycles. The Kier molecular flexibility index (Phi) is 5.53. The van der Waals surface area contributed by atoms with Crippen molar-refractivity contribution in [1.29, 1.82) is 0 Å². The summed E-state index contributed by atoms with van der Waals surface area (Å²) in [7, 11) is 1.37. The Morgan fingerprint density at radius 3 is 2.46 bits per heavy atom. The van der Waals surface area contributed by atoms with E-state index >= 15 is 0 Å². The van der Waals surface area contributed by atoms with Crippen molar-refractivity contribution in [3.63, 3.8) is 0 Å². The van der Waals surface area contributed by atoms with Crippen LogP contribution < -0.4 is 0 Å². The number of hydrogen-bond donors (Lipinski definition) is 0. The van der Waals surface area contributed by atoms with E-state index in [1.165, 1.54) is 25.2 Å². The van der Waals surface area contributed by atoms with Crippen LogP contribution in [0.3, 0.4) is 0 Å². The second-order valence-electron chi connectivity index (χ2n) is 6.94. The highest BCUT2D eigenvalue weighted by Gasteiger charge is 2.54. The van der Waals surface area contributed by atoms with E-state index in [1.54, 1.807) is 35.5 Å². The van der Waals surface area contributed by atoms with E-state index in [2.05, 4.69) is 4.98 Å². The fraction of sp³-hybridized carbons (Fsp3) is 0.333. The predicted octanol–water partition coefficient (Wildman–Crippen LogP) is 2.29. The van der Waals surface area contributed by atoms with Crippen molar-refractivity contribution in [2.24, 2.45) is 0 Å². The Bertz CT molecular complexity index is 903. The van der Waals surface area contributed by atoms with Crippen molar-refractivity contribution in [2.75, 3.05) is 13.6 Å². The Labute approximate surface area is 163 Å². The van der Waals surface area contributed by atoms with Crippen LogP contribution in [-0.4, -0.2) is 46.1 Å². The molecule has 1 aliphatic heterocycles. The average Bonchev–Trinajstić information content (AvgIpc) is 2.91. The summed E-state index contributed by atoms with van der Waals surface area (Å²) in [5.41, 5.74) is -0.526. The molecule has 28 heavy (non-hydrogen) atoms. The minimum absolute atomic E-state index is 0.0889. The van der Waals surface area contributed by atoms with E-state index in [1.807, 2.05) is 6.92 Å². The number of nitrogens with zero attached hydrogens (tertiary/aromatic N) is 3. The first kappa shape index (κ1) is 19.7. The number of aromatic nitrogens is 1. The van der Waals surface area contributed by atoms with Gasteiger partial charge in [0.2, 0.25) is 17.7 Å². The minimum atomic E-state index is -1.51. The lowest BCUT2D eigenvalue weighted by molar-refractivity contribution is -0.141. The van der Waals surface area contributed by atoms with Gasteiger partial charge in [-0.1, -0.05) is 18.2 Å². The van der Waals surface area contributed by atoms with Gasteiger partial charge in [-0.3, -0.25) is 24.3 Å². The predicted molar refractivity (Wildman–Crippen MR) is 100 cm³/mol. The van der Waals surface area contributed by atoms with Crippen LogP contribution in [0.15, 0.2) is 48.8 Å². The fourth-order valence-electron chi connectivity index (χ4n) is 3.63. The van der Waals surface area contributed by atoms with E-state index in [9.17, 15) is 18.8 Å². The zero-order chi connectivity index (χ0) is 20.3. The summed E-state index contributed by atoms with van der Waals surface area (Å²) in [5.74, 6) is -1.86. The van der Waals surface area contributed by atoms with Crippen LogP contribution >= 0.6 is 0 Å². The first-order valence-electron chi connectivity index (χ1n) is 9.11. The Morgan fingerprint density at radius 2 is 1.89 bits per heavy atom. The second kappa shape index (κ2) is 7.88. The van der Waals surface area contributed by atoms with E-state index in [4.69, 9.17) is 0 Å². The smallest absolute Gasteiger partial charge is 0.240 e. The number of halogens is 1. The molecule has 0 bridgehead atoms. The summed E-state index contributed by atoms with van der Waals surface area (Å²) < 4.78 is 14.6. The van der Waals surface area contributed by atoms with Crippen LogP contribution in [0, 0.1) is 5.82 Å². The number of rotatable bonds is 6. The molecule has 7 heteroatoms. The zero-order valence-electron chi connectivity index (χ0n) is 15.9. The van der Waals surface area contributed by atoms with E-state index in [0.29, 0.717) is 13.1 Å². The first-order chi connectivity index (χ1) is 13.4. The summed E-state index contributed by atoms with van der Waals surface area (Å²) in [5, 5.41) is 0. The Balaban J connectivity index is 1.94. The highest BCUT2D eigenvalue weighted by molar-refractivity contribution is 6.10. The van der Waals surface area contributed by atoms with E-state index in [-0.39, 0.29) is 24.3 Å². The maximum Gasteiger partial charge on any atom is 0.240 e. The first-order valence-corrected chi connectivity index (χ1v) is 9.11. The third-order valence-electron chi connectivity index (χ3n) is 5.24. The van der Waals surface area contributed by atoms with Crippen LogP contribution in [0.1, 0.15) is 30.9 Å². The van der Waals surface area contributed by atoms with Crippen molar-refractivity contribution in [3.05, 3.63) is 65.7 Å². The zero-order valence-corrected chi connectivity index (χ0v) is 15.9. The van der Waals surface area contributed by atoms with Gasteiger partial charge in [-0.2, -0.15) is 0 Å². The molecule has 1 aromatic heterocycles. The lowest BCUT2D eigenvalue weighted by Gasteiger charge is -2.30. The number of carbonyl (C=O) groups excluding carboxylic acids is 3. The molecule has 0 saturated carbocycles. The molecule has 0 spiro atoms. The standard InChI is InChI=1S/C21H22FN3O3/c1-3-25(14-15-8-10-23-11-9-15)19(27)13-21(12-18(26)24(2)20(21)28)16-6-4-5-7-17(16)22/h4-11H,3,12-14H2,1-2H3. The van der Waals surface area contributed by atoms with Crippen molar-refractivity contribution >= 4 is 17.7 Å². The third kappa shape index (κ3) is 3.52. The third-order valence-corrected chi connectivity index (χ3v) is 5.24. The molecule has 2 heterocycles.